The SMILES string of the molecule is CCNC1CN(c2ncc(C(=O)Nc3cn4cc(C)nc4c(C)n3)c(OCC)n2)C1. The van der Waals surface area contributed by atoms with Crippen LogP contribution in [0.25, 0.3) is 5.65 Å². The Labute approximate surface area is 174 Å². The van der Waals surface area contributed by atoms with Crippen molar-refractivity contribution in [2.24, 2.45) is 0 Å². The number of anilines is 2. The highest BCUT2D eigenvalue weighted by Crippen LogP contribution is 2.23. The summed E-state index contributed by atoms with van der Waals surface area (Å²) < 4.78 is 7.49. The second kappa shape index (κ2) is 8.23. The third kappa shape index (κ3) is 3.90. The monoisotopic (exact) mass is 410 g/mol. The Morgan fingerprint density at radius 3 is 2.73 bits per heavy atom. The Balaban J connectivity index is 1.54. The summed E-state index contributed by atoms with van der Waals surface area (Å²) in [6.07, 6.45) is 5.13. The van der Waals surface area contributed by atoms with Gasteiger partial charge in [-0.2, -0.15) is 4.98 Å². The van der Waals surface area contributed by atoms with Crippen molar-refractivity contribution < 1.29 is 9.53 Å². The highest BCUT2D eigenvalue weighted by molar-refractivity contribution is 6.05. The third-order valence-corrected chi connectivity index (χ3v) is 4.89. The molecule has 0 radical (unpaired) electrons. The van der Waals surface area contributed by atoms with E-state index in [-0.39, 0.29) is 17.4 Å². The van der Waals surface area contributed by atoms with Crippen LogP contribution >= 0.6 is 0 Å². The van der Waals surface area contributed by atoms with E-state index in [1.54, 1.807) is 6.20 Å². The summed E-state index contributed by atoms with van der Waals surface area (Å²) in [5.41, 5.74) is 2.64. The van der Waals surface area contributed by atoms with E-state index in [4.69, 9.17) is 4.74 Å². The summed E-state index contributed by atoms with van der Waals surface area (Å²) in [7, 11) is 0. The number of imidazole rings is 1. The number of nitrogens with one attached hydrogen (secondary N) is 2. The van der Waals surface area contributed by atoms with Crippen LogP contribution in [0.2, 0.25) is 0 Å². The maximum atomic E-state index is 12.9. The van der Waals surface area contributed by atoms with Gasteiger partial charge in [-0.1, -0.05) is 6.92 Å². The van der Waals surface area contributed by atoms with Gasteiger partial charge in [0.25, 0.3) is 5.91 Å². The van der Waals surface area contributed by atoms with Crippen molar-refractivity contribution in [3.63, 3.8) is 0 Å². The van der Waals surface area contributed by atoms with Crippen molar-refractivity contribution in [3.05, 3.63) is 35.5 Å². The molecule has 3 aromatic heterocycles. The van der Waals surface area contributed by atoms with Crippen LogP contribution < -0.4 is 20.3 Å². The molecule has 0 spiro atoms. The fourth-order valence-electron chi connectivity index (χ4n) is 3.49. The van der Waals surface area contributed by atoms with Crippen LogP contribution in [0.1, 0.15) is 35.6 Å². The quantitative estimate of drug-likeness (QED) is 0.604. The minimum Gasteiger partial charge on any atom is -0.477 e. The molecule has 1 amide bonds. The van der Waals surface area contributed by atoms with Crippen molar-refractivity contribution in [2.75, 3.05) is 36.5 Å². The first kappa shape index (κ1) is 20.0. The molecule has 1 aliphatic rings. The van der Waals surface area contributed by atoms with Crippen molar-refractivity contribution >= 4 is 23.3 Å². The number of hydrogen-bond donors (Lipinski definition) is 2. The van der Waals surface area contributed by atoms with Crippen LogP contribution in [0, 0.1) is 13.8 Å². The molecule has 4 rings (SSSR count). The molecule has 2 N–H and O–H groups in total. The van der Waals surface area contributed by atoms with Gasteiger partial charge in [0, 0.05) is 31.5 Å². The van der Waals surface area contributed by atoms with Gasteiger partial charge in [-0.25, -0.2) is 15.0 Å². The average Bonchev–Trinajstić information content (AvgIpc) is 3.05. The Hall–Kier alpha value is -3.27. The van der Waals surface area contributed by atoms with Gasteiger partial charge in [0.15, 0.2) is 5.65 Å². The first-order chi connectivity index (χ1) is 14.5. The van der Waals surface area contributed by atoms with Crippen LogP contribution in [-0.4, -0.2) is 62.5 Å². The van der Waals surface area contributed by atoms with Crippen LogP contribution in [0.3, 0.4) is 0 Å². The van der Waals surface area contributed by atoms with Crippen molar-refractivity contribution in [1.29, 1.82) is 0 Å². The van der Waals surface area contributed by atoms with Crippen molar-refractivity contribution in [1.82, 2.24) is 29.7 Å². The molecule has 10 nitrogen and oxygen atoms in total. The Kier molecular flexibility index (Phi) is 5.49. The molecule has 1 saturated heterocycles. The Morgan fingerprint density at radius 2 is 2.00 bits per heavy atom. The molecule has 0 aliphatic carbocycles. The number of aromatic nitrogens is 5. The normalized spacial score (nSPS) is 14.1. The molecule has 30 heavy (non-hydrogen) atoms. The maximum Gasteiger partial charge on any atom is 0.263 e. The molecule has 3 aromatic rings. The lowest BCUT2D eigenvalue weighted by Crippen LogP contribution is -2.58. The predicted molar refractivity (Wildman–Crippen MR) is 113 cm³/mol. The van der Waals surface area contributed by atoms with E-state index in [1.165, 1.54) is 6.20 Å². The van der Waals surface area contributed by atoms with Crippen molar-refractivity contribution in [3.8, 4) is 5.88 Å². The molecular weight excluding hydrogens is 384 g/mol. The zero-order valence-corrected chi connectivity index (χ0v) is 17.6. The highest BCUT2D eigenvalue weighted by Gasteiger charge is 2.29. The average molecular weight is 410 g/mol. The summed E-state index contributed by atoms with van der Waals surface area (Å²) in [5.74, 6) is 0.879. The van der Waals surface area contributed by atoms with E-state index in [1.807, 2.05) is 31.4 Å². The van der Waals surface area contributed by atoms with E-state index in [2.05, 4.69) is 42.4 Å². The van der Waals surface area contributed by atoms with E-state index in [0.29, 0.717) is 24.4 Å². The molecule has 0 aromatic carbocycles. The molecular formula is C20H26N8O2. The van der Waals surface area contributed by atoms with Crippen molar-refractivity contribution in [2.45, 2.75) is 33.7 Å². The number of nitrogens with zero attached hydrogens (tertiary/aromatic N) is 6. The lowest BCUT2D eigenvalue weighted by Gasteiger charge is -2.39. The van der Waals surface area contributed by atoms with E-state index >= 15 is 0 Å². The molecule has 0 unspecified atom stereocenters. The van der Waals surface area contributed by atoms with E-state index in [0.717, 1.165) is 36.7 Å². The van der Waals surface area contributed by atoms with Gasteiger partial charge in [0.05, 0.1) is 24.2 Å². The molecule has 0 atom stereocenters. The number of carbonyl (C=O) groups excluding carboxylic acids is 1. The highest BCUT2D eigenvalue weighted by atomic mass is 16.5. The molecule has 4 heterocycles. The molecule has 0 saturated carbocycles. The number of fused-ring (bicyclic) bond motifs is 1. The zero-order chi connectivity index (χ0) is 21.3. The number of ether oxygens (including phenoxy) is 1. The van der Waals surface area contributed by atoms with Crippen LogP contribution in [0.5, 0.6) is 5.88 Å². The number of likely N-dealkylation sites (N-methyl/N-ethyl adjacent to an activating group) is 1. The summed E-state index contributed by atoms with van der Waals surface area (Å²) in [6, 6.07) is 0.438. The zero-order valence-electron chi connectivity index (χ0n) is 17.6. The smallest absolute Gasteiger partial charge is 0.263 e. The molecule has 158 valence electrons. The van der Waals surface area contributed by atoms with Gasteiger partial charge < -0.3 is 24.7 Å². The lowest BCUT2D eigenvalue weighted by atomic mass is 10.1. The molecule has 1 fully saturated rings. The van der Waals surface area contributed by atoms with E-state index < -0.39 is 0 Å². The fraction of sp³-hybridized carbons (Fsp3) is 0.450. The second-order valence-corrected chi connectivity index (χ2v) is 7.26. The number of hydrogen-bond acceptors (Lipinski definition) is 8. The minimum atomic E-state index is -0.373. The number of amides is 1. The van der Waals surface area contributed by atoms with Crippen LogP contribution in [0.4, 0.5) is 11.8 Å². The second-order valence-electron chi connectivity index (χ2n) is 7.26. The summed E-state index contributed by atoms with van der Waals surface area (Å²) in [4.78, 5) is 32.7. The number of rotatable bonds is 7. The van der Waals surface area contributed by atoms with Gasteiger partial charge in [0.2, 0.25) is 11.8 Å². The van der Waals surface area contributed by atoms with Crippen LogP contribution in [-0.2, 0) is 0 Å². The van der Waals surface area contributed by atoms with Gasteiger partial charge in [-0.3, -0.25) is 4.79 Å². The first-order valence-electron chi connectivity index (χ1n) is 10.1. The molecule has 10 heteroatoms. The predicted octanol–water partition coefficient (Wildman–Crippen LogP) is 1.59. The largest absolute Gasteiger partial charge is 0.477 e. The Morgan fingerprint density at radius 1 is 1.20 bits per heavy atom. The molecule has 0 bridgehead atoms. The number of aryl methyl sites for hydroxylation is 2. The minimum absolute atomic E-state index is 0.267. The first-order valence-corrected chi connectivity index (χ1v) is 10.1. The number of carbonyl (C=O) groups is 1. The van der Waals surface area contributed by atoms with Gasteiger partial charge in [0.1, 0.15) is 11.4 Å². The maximum absolute atomic E-state index is 12.9. The fourth-order valence-corrected chi connectivity index (χ4v) is 3.49. The third-order valence-electron chi connectivity index (χ3n) is 4.89. The Bertz CT molecular complexity index is 1070. The van der Waals surface area contributed by atoms with Crippen LogP contribution in [0.15, 0.2) is 18.6 Å². The standard InChI is InChI=1S/C20H26N8O2/c1-5-21-14-9-28(10-14)20-22-7-15(19(26-20)30-6-2)18(29)25-16-11-27-8-12(3)23-17(27)13(4)24-16/h7-8,11,14,21H,5-6,9-10H2,1-4H3,(H,25,29). The van der Waals surface area contributed by atoms with E-state index in [9.17, 15) is 4.79 Å². The lowest BCUT2D eigenvalue weighted by molar-refractivity contribution is 0.102. The molecule has 1 aliphatic heterocycles. The summed E-state index contributed by atoms with van der Waals surface area (Å²) >= 11 is 0. The van der Waals surface area contributed by atoms with Gasteiger partial charge in [-0.15, -0.1) is 0 Å². The summed E-state index contributed by atoms with van der Waals surface area (Å²) in [5, 5.41) is 6.21. The summed E-state index contributed by atoms with van der Waals surface area (Å²) in [6.45, 7) is 10.7. The topological polar surface area (TPSA) is 110 Å². The van der Waals surface area contributed by atoms with Gasteiger partial charge in [-0.05, 0) is 27.3 Å². The van der Waals surface area contributed by atoms with Gasteiger partial charge >= 0.3 is 0 Å².